The lowest BCUT2D eigenvalue weighted by Crippen LogP contribution is -2.19. The van der Waals surface area contributed by atoms with Crippen LogP contribution in [0.2, 0.25) is 0 Å². The number of nitrogens with one attached hydrogen (secondary N) is 2. The summed E-state index contributed by atoms with van der Waals surface area (Å²) in [6, 6.07) is 11.1. The summed E-state index contributed by atoms with van der Waals surface area (Å²) < 4.78 is 6.46. The number of nitrogens with zero attached hydrogens (tertiary/aromatic N) is 1. The number of benzene rings is 2. The van der Waals surface area contributed by atoms with E-state index in [1.165, 1.54) is 11.5 Å². The van der Waals surface area contributed by atoms with Gasteiger partial charge >= 0.3 is 11.8 Å². The Balaban J connectivity index is 1.76. The third kappa shape index (κ3) is 3.05. The lowest BCUT2D eigenvalue weighted by Gasteiger charge is -2.08. The molecule has 24 heavy (non-hydrogen) atoms. The summed E-state index contributed by atoms with van der Waals surface area (Å²) in [4.78, 5) is 34.9. The second kappa shape index (κ2) is 6.04. The number of aromatic nitrogens is 1. The predicted octanol–water partition coefficient (Wildman–Crippen LogP) is 2.98. The Morgan fingerprint density at radius 3 is 2.46 bits per heavy atom. The van der Waals surface area contributed by atoms with Crippen molar-refractivity contribution in [3.05, 3.63) is 58.6 Å². The van der Waals surface area contributed by atoms with E-state index in [2.05, 4.69) is 10.6 Å². The number of urea groups is 1. The van der Waals surface area contributed by atoms with Gasteiger partial charge in [0.1, 0.15) is 0 Å². The fourth-order valence-corrected chi connectivity index (χ4v) is 2.32. The minimum absolute atomic E-state index is 0.0800. The maximum atomic E-state index is 12.1. The van der Waals surface area contributed by atoms with Crippen LogP contribution in [0.3, 0.4) is 0 Å². The van der Waals surface area contributed by atoms with Gasteiger partial charge in [-0.2, -0.15) is 0 Å². The largest absolute Gasteiger partial charge is 0.419 e. The van der Waals surface area contributed by atoms with Gasteiger partial charge in [0, 0.05) is 30.1 Å². The topological polar surface area (TPSA) is 93.3 Å². The highest BCUT2D eigenvalue weighted by Gasteiger charge is 2.09. The lowest BCUT2D eigenvalue weighted by atomic mass is 10.1. The van der Waals surface area contributed by atoms with Gasteiger partial charge in [-0.3, -0.25) is 9.36 Å². The third-order valence-corrected chi connectivity index (χ3v) is 3.58. The minimum atomic E-state index is -0.465. The fourth-order valence-electron chi connectivity index (χ4n) is 2.32. The van der Waals surface area contributed by atoms with Crippen molar-refractivity contribution in [1.29, 1.82) is 0 Å². The lowest BCUT2D eigenvalue weighted by molar-refractivity contribution is 0.101. The summed E-state index contributed by atoms with van der Waals surface area (Å²) >= 11 is 0. The van der Waals surface area contributed by atoms with E-state index in [4.69, 9.17) is 4.42 Å². The first-order valence-corrected chi connectivity index (χ1v) is 7.22. The zero-order valence-electron chi connectivity index (χ0n) is 13.1. The normalized spacial score (nSPS) is 10.6. The number of aryl methyl sites for hydroxylation is 1. The first kappa shape index (κ1) is 15.5. The average Bonchev–Trinajstić information content (AvgIpc) is 2.81. The second-order valence-electron chi connectivity index (χ2n) is 5.33. The molecule has 0 atom stereocenters. The Morgan fingerprint density at radius 1 is 1.04 bits per heavy atom. The van der Waals surface area contributed by atoms with E-state index in [-0.39, 0.29) is 5.78 Å². The Kier molecular flexibility index (Phi) is 3.91. The molecule has 0 unspecified atom stereocenters. The van der Waals surface area contributed by atoms with Gasteiger partial charge in [0.2, 0.25) is 0 Å². The summed E-state index contributed by atoms with van der Waals surface area (Å²) in [5, 5.41) is 5.30. The van der Waals surface area contributed by atoms with Crippen molar-refractivity contribution < 1.29 is 14.0 Å². The first-order valence-electron chi connectivity index (χ1n) is 7.22. The van der Waals surface area contributed by atoms with Crippen LogP contribution in [-0.2, 0) is 7.05 Å². The van der Waals surface area contributed by atoms with E-state index in [1.54, 1.807) is 49.5 Å². The number of amides is 2. The van der Waals surface area contributed by atoms with Gasteiger partial charge in [-0.25, -0.2) is 9.59 Å². The van der Waals surface area contributed by atoms with E-state index in [1.807, 2.05) is 0 Å². The zero-order valence-corrected chi connectivity index (χ0v) is 13.1. The highest BCUT2D eigenvalue weighted by molar-refractivity contribution is 6.02. The number of carbonyl (C=O) groups excluding carboxylic acids is 2. The third-order valence-electron chi connectivity index (χ3n) is 3.58. The number of fused-ring (bicyclic) bond motifs is 1. The summed E-state index contributed by atoms with van der Waals surface area (Å²) in [6.45, 7) is 1.46. The summed E-state index contributed by atoms with van der Waals surface area (Å²) in [5.41, 5.74) is 2.53. The standard InChI is InChI=1S/C17H15N3O4/c1-10(21)11-4-3-5-12(8-11)18-16(22)19-13-6-7-14-15(9-13)24-17(23)20(14)2/h3-9H,1-2H3,(H2,18,19,22). The van der Waals surface area contributed by atoms with Crippen molar-refractivity contribution in [2.75, 3.05) is 10.6 Å². The van der Waals surface area contributed by atoms with Crippen molar-refractivity contribution in [2.45, 2.75) is 6.92 Å². The quantitative estimate of drug-likeness (QED) is 0.724. The van der Waals surface area contributed by atoms with Crippen LogP contribution in [0.5, 0.6) is 0 Å². The molecular formula is C17H15N3O4. The van der Waals surface area contributed by atoms with Crippen LogP contribution in [0, 0.1) is 0 Å². The molecule has 2 N–H and O–H groups in total. The average molecular weight is 325 g/mol. The van der Waals surface area contributed by atoms with Crippen LogP contribution in [-0.4, -0.2) is 16.4 Å². The van der Waals surface area contributed by atoms with E-state index < -0.39 is 11.8 Å². The number of hydrogen-bond acceptors (Lipinski definition) is 4. The Bertz CT molecular complexity index is 1000. The molecule has 1 heterocycles. The number of oxazole rings is 1. The molecule has 0 saturated heterocycles. The summed E-state index contributed by atoms with van der Waals surface area (Å²) in [5.74, 6) is -0.545. The van der Waals surface area contributed by atoms with Crippen molar-refractivity contribution in [3.63, 3.8) is 0 Å². The van der Waals surface area contributed by atoms with Gasteiger partial charge in [0.05, 0.1) is 5.52 Å². The predicted molar refractivity (Wildman–Crippen MR) is 90.5 cm³/mol. The molecule has 3 rings (SSSR count). The molecular weight excluding hydrogens is 310 g/mol. The van der Waals surface area contributed by atoms with Crippen molar-refractivity contribution >= 4 is 34.3 Å². The first-order chi connectivity index (χ1) is 11.4. The molecule has 0 aliphatic heterocycles. The van der Waals surface area contributed by atoms with E-state index >= 15 is 0 Å². The smallest absolute Gasteiger partial charge is 0.408 e. The molecule has 1 aromatic heterocycles. The Labute approximate surface area is 136 Å². The monoisotopic (exact) mass is 325 g/mol. The Hall–Kier alpha value is -3.35. The molecule has 2 aromatic carbocycles. The number of anilines is 2. The molecule has 0 fully saturated rings. The SMILES string of the molecule is CC(=O)c1cccc(NC(=O)Nc2ccc3c(c2)oc(=O)n3C)c1. The van der Waals surface area contributed by atoms with Crippen LogP contribution < -0.4 is 16.4 Å². The number of carbonyl (C=O) groups is 2. The van der Waals surface area contributed by atoms with E-state index in [9.17, 15) is 14.4 Å². The van der Waals surface area contributed by atoms with Crippen LogP contribution in [0.25, 0.3) is 11.1 Å². The zero-order chi connectivity index (χ0) is 17.3. The maximum absolute atomic E-state index is 12.1. The maximum Gasteiger partial charge on any atom is 0.419 e. The van der Waals surface area contributed by atoms with Crippen LogP contribution in [0.4, 0.5) is 16.2 Å². The van der Waals surface area contributed by atoms with Gasteiger partial charge in [0.25, 0.3) is 0 Å². The molecule has 2 amide bonds. The molecule has 0 radical (unpaired) electrons. The molecule has 122 valence electrons. The molecule has 7 nitrogen and oxygen atoms in total. The highest BCUT2D eigenvalue weighted by Crippen LogP contribution is 2.18. The molecule has 0 aliphatic carbocycles. The molecule has 0 bridgehead atoms. The van der Waals surface area contributed by atoms with Crippen molar-refractivity contribution in [2.24, 2.45) is 7.05 Å². The summed E-state index contributed by atoms with van der Waals surface area (Å²) in [7, 11) is 1.61. The van der Waals surface area contributed by atoms with Gasteiger partial charge < -0.3 is 15.1 Å². The van der Waals surface area contributed by atoms with Gasteiger partial charge in [-0.1, -0.05) is 12.1 Å². The number of Topliss-reactive ketones (excluding diaryl/α,β-unsaturated/α-hetero) is 1. The number of rotatable bonds is 3. The van der Waals surface area contributed by atoms with E-state index in [0.29, 0.717) is 28.0 Å². The van der Waals surface area contributed by atoms with Gasteiger partial charge in [-0.15, -0.1) is 0 Å². The number of ketones is 1. The van der Waals surface area contributed by atoms with Crippen molar-refractivity contribution in [3.8, 4) is 0 Å². The van der Waals surface area contributed by atoms with Crippen molar-refractivity contribution in [1.82, 2.24) is 4.57 Å². The van der Waals surface area contributed by atoms with Gasteiger partial charge in [-0.05, 0) is 31.2 Å². The van der Waals surface area contributed by atoms with E-state index in [0.717, 1.165) is 0 Å². The fraction of sp³-hybridized carbons (Fsp3) is 0.118. The van der Waals surface area contributed by atoms with Crippen LogP contribution in [0.1, 0.15) is 17.3 Å². The molecule has 0 aliphatic rings. The molecule has 0 spiro atoms. The Morgan fingerprint density at radius 2 is 1.75 bits per heavy atom. The van der Waals surface area contributed by atoms with Crippen LogP contribution >= 0.6 is 0 Å². The molecule has 0 saturated carbocycles. The summed E-state index contributed by atoms with van der Waals surface area (Å²) in [6.07, 6.45) is 0. The van der Waals surface area contributed by atoms with Gasteiger partial charge in [0.15, 0.2) is 11.4 Å². The minimum Gasteiger partial charge on any atom is -0.408 e. The molecule has 7 heteroatoms. The second-order valence-corrected chi connectivity index (χ2v) is 5.33. The van der Waals surface area contributed by atoms with Crippen LogP contribution in [0.15, 0.2) is 51.7 Å². The highest BCUT2D eigenvalue weighted by atomic mass is 16.4. The number of hydrogen-bond donors (Lipinski definition) is 2. The molecule has 3 aromatic rings.